The number of carboxylic acid groups (broad SMARTS) is 1. The Labute approximate surface area is 120 Å². The number of nitrogens with zero attached hydrogens (tertiary/aromatic N) is 1. The monoisotopic (exact) mass is 277 g/mol. The van der Waals surface area contributed by atoms with Crippen LogP contribution in [0.1, 0.15) is 25.3 Å². The fourth-order valence-electron chi connectivity index (χ4n) is 2.66. The van der Waals surface area contributed by atoms with Crippen molar-refractivity contribution in [1.29, 1.82) is 0 Å². The Bertz CT molecular complexity index is 430. The summed E-state index contributed by atoms with van der Waals surface area (Å²) in [6, 6.07) is 7.31. The highest BCUT2D eigenvalue weighted by molar-refractivity contribution is 5.70. The number of hydrogen-bond donors (Lipinski definition) is 1. The molecule has 1 fully saturated rings. The average molecular weight is 277 g/mol. The van der Waals surface area contributed by atoms with Crippen molar-refractivity contribution in [3.05, 3.63) is 29.8 Å². The molecule has 1 heterocycles. The van der Waals surface area contributed by atoms with Crippen LogP contribution in [0.25, 0.3) is 0 Å². The maximum atomic E-state index is 10.6. The third-order valence-electron chi connectivity index (χ3n) is 3.70. The van der Waals surface area contributed by atoms with Gasteiger partial charge in [-0.2, -0.15) is 0 Å². The number of piperidine rings is 1. The SMILES string of the molecule is CC1CCCN(CCOc2ccc(CC(=O)O)cc2)C1. The lowest BCUT2D eigenvalue weighted by Crippen LogP contribution is -2.37. The van der Waals surface area contributed by atoms with E-state index in [1.807, 2.05) is 24.3 Å². The number of aliphatic carboxylic acids is 1. The summed E-state index contributed by atoms with van der Waals surface area (Å²) in [5.41, 5.74) is 0.801. The molecule has 1 N–H and O–H groups in total. The van der Waals surface area contributed by atoms with Gasteiger partial charge in [-0.05, 0) is 43.0 Å². The number of rotatable bonds is 6. The van der Waals surface area contributed by atoms with Crippen molar-refractivity contribution in [2.24, 2.45) is 5.92 Å². The predicted molar refractivity (Wildman–Crippen MR) is 78.1 cm³/mol. The molecule has 4 heteroatoms. The van der Waals surface area contributed by atoms with Gasteiger partial charge in [-0.1, -0.05) is 19.1 Å². The summed E-state index contributed by atoms with van der Waals surface area (Å²) < 4.78 is 5.71. The van der Waals surface area contributed by atoms with Crippen LogP contribution in [0.3, 0.4) is 0 Å². The van der Waals surface area contributed by atoms with Gasteiger partial charge in [0.1, 0.15) is 12.4 Å². The van der Waals surface area contributed by atoms with Gasteiger partial charge >= 0.3 is 5.97 Å². The van der Waals surface area contributed by atoms with E-state index in [0.29, 0.717) is 6.61 Å². The lowest BCUT2D eigenvalue weighted by atomic mass is 10.0. The van der Waals surface area contributed by atoms with Crippen LogP contribution in [0.2, 0.25) is 0 Å². The fourth-order valence-corrected chi connectivity index (χ4v) is 2.66. The van der Waals surface area contributed by atoms with Crippen molar-refractivity contribution in [2.75, 3.05) is 26.2 Å². The molecule has 1 aliphatic rings. The molecule has 0 spiro atoms. The van der Waals surface area contributed by atoms with Crippen molar-refractivity contribution in [1.82, 2.24) is 4.90 Å². The largest absolute Gasteiger partial charge is 0.492 e. The van der Waals surface area contributed by atoms with Crippen molar-refractivity contribution >= 4 is 5.97 Å². The third kappa shape index (κ3) is 4.85. The predicted octanol–water partition coefficient (Wildman–Crippen LogP) is 2.42. The van der Waals surface area contributed by atoms with E-state index in [4.69, 9.17) is 9.84 Å². The fraction of sp³-hybridized carbons (Fsp3) is 0.562. The second-order valence-electron chi connectivity index (χ2n) is 5.61. The maximum absolute atomic E-state index is 10.6. The third-order valence-corrected chi connectivity index (χ3v) is 3.70. The Kier molecular flexibility index (Phi) is 5.41. The molecule has 0 amide bonds. The molecule has 2 rings (SSSR count). The molecule has 1 aliphatic heterocycles. The summed E-state index contributed by atoms with van der Waals surface area (Å²) in [6.07, 6.45) is 2.68. The number of benzene rings is 1. The van der Waals surface area contributed by atoms with Crippen molar-refractivity contribution < 1.29 is 14.6 Å². The van der Waals surface area contributed by atoms with E-state index < -0.39 is 5.97 Å². The first-order valence-corrected chi connectivity index (χ1v) is 7.29. The first-order chi connectivity index (χ1) is 9.63. The minimum atomic E-state index is -0.808. The normalized spacial score (nSPS) is 19.8. The van der Waals surface area contributed by atoms with Gasteiger partial charge in [-0.25, -0.2) is 0 Å². The summed E-state index contributed by atoms with van der Waals surface area (Å²) in [5, 5.41) is 8.71. The molecular weight excluding hydrogens is 254 g/mol. The Morgan fingerprint density at radius 1 is 1.40 bits per heavy atom. The quantitative estimate of drug-likeness (QED) is 0.867. The molecule has 1 saturated heterocycles. The summed E-state index contributed by atoms with van der Waals surface area (Å²) >= 11 is 0. The van der Waals surface area contributed by atoms with Gasteiger partial charge in [0, 0.05) is 13.1 Å². The molecule has 0 aliphatic carbocycles. The molecule has 0 bridgehead atoms. The molecule has 1 aromatic carbocycles. The zero-order valence-electron chi connectivity index (χ0n) is 12.0. The van der Waals surface area contributed by atoms with Gasteiger partial charge in [0.2, 0.25) is 0 Å². The lowest BCUT2D eigenvalue weighted by molar-refractivity contribution is -0.136. The maximum Gasteiger partial charge on any atom is 0.307 e. The first kappa shape index (κ1) is 14.9. The average Bonchev–Trinajstić information content (AvgIpc) is 2.40. The highest BCUT2D eigenvalue weighted by Crippen LogP contribution is 2.16. The van der Waals surface area contributed by atoms with E-state index >= 15 is 0 Å². The van der Waals surface area contributed by atoms with Gasteiger partial charge in [-0.15, -0.1) is 0 Å². The zero-order chi connectivity index (χ0) is 14.4. The van der Waals surface area contributed by atoms with E-state index in [0.717, 1.165) is 23.8 Å². The number of carbonyl (C=O) groups is 1. The van der Waals surface area contributed by atoms with Crippen LogP contribution in [0.4, 0.5) is 0 Å². The van der Waals surface area contributed by atoms with Crippen LogP contribution in [0, 0.1) is 5.92 Å². The lowest BCUT2D eigenvalue weighted by Gasteiger charge is -2.30. The molecule has 110 valence electrons. The second kappa shape index (κ2) is 7.29. The molecule has 0 aromatic heterocycles. The van der Waals surface area contributed by atoms with E-state index in [1.54, 1.807) is 0 Å². The van der Waals surface area contributed by atoms with Crippen molar-refractivity contribution in [2.45, 2.75) is 26.2 Å². The zero-order valence-corrected chi connectivity index (χ0v) is 12.0. The van der Waals surface area contributed by atoms with Crippen molar-refractivity contribution in [3.63, 3.8) is 0 Å². The highest BCUT2D eigenvalue weighted by Gasteiger charge is 2.15. The smallest absolute Gasteiger partial charge is 0.307 e. The summed E-state index contributed by atoms with van der Waals surface area (Å²) in [4.78, 5) is 13.0. The first-order valence-electron chi connectivity index (χ1n) is 7.29. The summed E-state index contributed by atoms with van der Waals surface area (Å²) in [5.74, 6) is 0.793. The highest BCUT2D eigenvalue weighted by atomic mass is 16.5. The molecule has 20 heavy (non-hydrogen) atoms. The standard InChI is InChI=1S/C16H23NO3/c1-13-3-2-8-17(12-13)9-10-20-15-6-4-14(5-7-15)11-16(18)19/h4-7,13H,2-3,8-12H2,1H3,(H,18,19). The molecule has 1 unspecified atom stereocenters. The van der Waals surface area contributed by atoms with E-state index in [9.17, 15) is 4.79 Å². The molecule has 0 radical (unpaired) electrons. The topological polar surface area (TPSA) is 49.8 Å². The van der Waals surface area contributed by atoms with Gasteiger partial charge in [0.15, 0.2) is 0 Å². The number of hydrogen-bond acceptors (Lipinski definition) is 3. The van der Waals surface area contributed by atoms with Gasteiger partial charge in [0.05, 0.1) is 6.42 Å². The van der Waals surface area contributed by atoms with E-state index in [-0.39, 0.29) is 6.42 Å². The van der Waals surface area contributed by atoms with Crippen LogP contribution in [-0.4, -0.2) is 42.2 Å². The minimum Gasteiger partial charge on any atom is -0.492 e. The van der Waals surface area contributed by atoms with Gasteiger partial charge < -0.3 is 9.84 Å². The van der Waals surface area contributed by atoms with Gasteiger partial charge in [-0.3, -0.25) is 9.69 Å². The van der Waals surface area contributed by atoms with E-state index in [1.165, 1.54) is 25.9 Å². The second-order valence-corrected chi connectivity index (χ2v) is 5.61. The molecule has 0 saturated carbocycles. The van der Waals surface area contributed by atoms with E-state index in [2.05, 4.69) is 11.8 Å². The molecule has 1 atom stereocenters. The van der Waals surface area contributed by atoms with Gasteiger partial charge in [0.25, 0.3) is 0 Å². The molecule has 1 aromatic rings. The Morgan fingerprint density at radius 2 is 2.15 bits per heavy atom. The molecule has 4 nitrogen and oxygen atoms in total. The van der Waals surface area contributed by atoms with Crippen molar-refractivity contribution in [3.8, 4) is 5.75 Å². The Morgan fingerprint density at radius 3 is 2.80 bits per heavy atom. The summed E-state index contributed by atoms with van der Waals surface area (Å²) in [6.45, 7) is 6.28. The number of ether oxygens (including phenoxy) is 1. The minimum absolute atomic E-state index is 0.0615. The summed E-state index contributed by atoms with van der Waals surface area (Å²) in [7, 11) is 0. The number of likely N-dealkylation sites (tertiary alicyclic amines) is 1. The molecular formula is C16H23NO3. The van der Waals surface area contributed by atoms with Crippen LogP contribution in [0.15, 0.2) is 24.3 Å². The van der Waals surface area contributed by atoms with Crippen LogP contribution in [0.5, 0.6) is 5.75 Å². The Balaban J connectivity index is 1.72. The number of carboxylic acids is 1. The van der Waals surface area contributed by atoms with Crippen LogP contribution < -0.4 is 4.74 Å². The van der Waals surface area contributed by atoms with Crippen LogP contribution in [-0.2, 0) is 11.2 Å². The Hall–Kier alpha value is -1.55. The van der Waals surface area contributed by atoms with Crippen LogP contribution >= 0.6 is 0 Å².